The molecule has 0 aliphatic carbocycles. The van der Waals surface area contributed by atoms with Gasteiger partial charge in [-0.25, -0.2) is 8.78 Å². The minimum absolute atomic E-state index is 0.178. The molecule has 0 radical (unpaired) electrons. The van der Waals surface area contributed by atoms with Crippen molar-refractivity contribution in [3.8, 4) is 5.75 Å². The van der Waals surface area contributed by atoms with E-state index in [0.717, 1.165) is 13.2 Å². The van der Waals surface area contributed by atoms with Gasteiger partial charge < -0.3 is 15.2 Å². The first-order valence-electron chi connectivity index (χ1n) is 5.44. The standard InChI is InChI=1S/C11H12F2N2O5/c1-20-9-6(3-2-4-7(9)15(18)19)11(17)14-5-8(16)10(12)13/h2-4,8,10,16H,5H2,1H3,(H,14,17). The highest BCUT2D eigenvalue weighted by Gasteiger charge is 2.24. The zero-order chi connectivity index (χ0) is 15.3. The van der Waals surface area contributed by atoms with Gasteiger partial charge in [-0.15, -0.1) is 0 Å². The molecule has 0 aliphatic heterocycles. The zero-order valence-electron chi connectivity index (χ0n) is 10.4. The smallest absolute Gasteiger partial charge is 0.311 e. The van der Waals surface area contributed by atoms with E-state index in [-0.39, 0.29) is 11.3 Å². The van der Waals surface area contributed by atoms with E-state index < -0.39 is 35.6 Å². The average molecular weight is 290 g/mol. The summed E-state index contributed by atoms with van der Waals surface area (Å²) in [5.74, 6) is -1.13. The third kappa shape index (κ3) is 3.60. The maximum Gasteiger partial charge on any atom is 0.311 e. The van der Waals surface area contributed by atoms with Crippen LogP contribution < -0.4 is 10.1 Å². The number of alkyl halides is 2. The van der Waals surface area contributed by atoms with Gasteiger partial charge in [-0.1, -0.05) is 6.07 Å². The summed E-state index contributed by atoms with van der Waals surface area (Å²) in [6.45, 7) is -0.678. The topological polar surface area (TPSA) is 102 Å². The molecule has 0 spiro atoms. The molecule has 0 bridgehead atoms. The molecule has 7 nitrogen and oxygen atoms in total. The Morgan fingerprint density at radius 2 is 2.20 bits per heavy atom. The molecular formula is C11H12F2N2O5. The molecule has 1 aromatic rings. The van der Waals surface area contributed by atoms with E-state index in [1.54, 1.807) is 0 Å². The first-order chi connectivity index (χ1) is 9.38. The lowest BCUT2D eigenvalue weighted by Crippen LogP contribution is -2.36. The second kappa shape index (κ2) is 6.75. The lowest BCUT2D eigenvalue weighted by atomic mass is 10.1. The van der Waals surface area contributed by atoms with Gasteiger partial charge >= 0.3 is 5.69 Å². The number of amides is 1. The van der Waals surface area contributed by atoms with Crippen molar-refractivity contribution in [1.29, 1.82) is 0 Å². The summed E-state index contributed by atoms with van der Waals surface area (Å²) in [5.41, 5.74) is -0.599. The average Bonchev–Trinajstić information content (AvgIpc) is 2.42. The fraction of sp³-hybridized carbons (Fsp3) is 0.364. The normalized spacial score (nSPS) is 12.1. The number of nitrogens with zero attached hydrogens (tertiary/aromatic N) is 1. The number of carbonyl (C=O) groups excluding carboxylic acids is 1. The maximum atomic E-state index is 12.1. The molecule has 0 saturated carbocycles. The van der Waals surface area contributed by atoms with Crippen LogP contribution in [0.3, 0.4) is 0 Å². The van der Waals surface area contributed by atoms with E-state index in [1.807, 2.05) is 5.32 Å². The number of nitro benzene ring substituents is 1. The predicted octanol–water partition coefficient (Wildman–Crippen LogP) is 0.959. The molecule has 9 heteroatoms. The Balaban J connectivity index is 2.93. The van der Waals surface area contributed by atoms with Gasteiger partial charge in [-0.3, -0.25) is 14.9 Å². The predicted molar refractivity (Wildman–Crippen MR) is 64.0 cm³/mol. The third-order valence-corrected chi connectivity index (χ3v) is 2.40. The van der Waals surface area contributed by atoms with Crippen LogP contribution in [0.4, 0.5) is 14.5 Å². The number of halogens is 2. The Hall–Kier alpha value is -2.29. The molecule has 0 aromatic heterocycles. The van der Waals surface area contributed by atoms with Gasteiger partial charge in [0.1, 0.15) is 6.10 Å². The summed E-state index contributed by atoms with van der Waals surface area (Å²) in [6, 6.07) is 3.65. The van der Waals surface area contributed by atoms with Crippen LogP contribution in [0.5, 0.6) is 5.75 Å². The minimum Gasteiger partial charge on any atom is -0.490 e. The van der Waals surface area contributed by atoms with Crippen LogP contribution in [0.2, 0.25) is 0 Å². The molecular weight excluding hydrogens is 278 g/mol. The molecule has 110 valence electrons. The summed E-state index contributed by atoms with van der Waals surface area (Å²) < 4.78 is 29.0. The largest absolute Gasteiger partial charge is 0.490 e. The number of para-hydroxylation sites is 1. The van der Waals surface area contributed by atoms with Crippen LogP contribution in [-0.2, 0) is 0 Å². The number of nitrogens with one attached hydrogen (secondary N) is 1. The lowest BCUT2D eigenvalue weighted by Gasteiger charge is -2.12. The molecule has 1 amide bonds. The molecule has 1 atom stereocenters. The molecule has 0 aliphatic rings. The van der Waals surface area contributed by atoms with E-state index in [1.165, 1.54) is 12.1 Å². The summed E-state index contributed by atoms with van der Waals surface area (Å²) in [7, 11) is 1.15. The monoisotopic (exact) mass is 290 g/mol. The van der Waals surface area contributed by atoms with Crippen molar-refractivity contribution >= 4 is 11.6 Å². The zero-order valence-corrected chi connectivity index (χ0v) is 10.4. The Morgan fingerprint density at radius 1 is 1.55 bits per heavy atom. The molecule has 0 saturated heterocycles. The number of rotatable bonds is 6. The van der Waals surface area contributed by atoms with E-state index in [2.05, 4.69) is 0 Å². The second-order valence-corrected chi connectivity index (χ2v) is 3.73. The summed E-state index contributed by atoms with van der Waals surface area (Å²) in [4.78, 5) is 21.8. The summed E-state index contributed by atoms with van der Waals surface area (Å²) in [6.07, 6.45) is -5.01. The number of hydrogen-bond donors (Lipinski definition) is 2. The number of hydrogen-bond acceptors (Lipinski definition) is 5. The molecule has 0 fully saturated rings. The van der Waals surface area contributed by atoms with E-state index in [9.17, 15) is 23.7 Å². The van der Waals surface area contributed by atoms with Crippen LogP contribution in [-0.4, -0.2) is 42.1 Å². The van der Waals surface area contributed by atoms with Crippen molar-refractivity contribution in [2.45, 2.75) is 12.5 Å². The van der Waals surface area contributed by atoms with Gasteiger partial charge in [0.2, 0.25) is 5.75 Å². The Labute approximate surface area is 112 Å². The van der Waals surface area contributed by atoms with E-state index >= 15 is 0 Å². The summed E-state index contributed by atoms with van der Waals surface area (Å²) in [5, 5.41) is 21.7. The minimum atomic E-state index is -3.00. The molecule has 1 rings (SSSR count). The number of benzene rings is 1. The van der Waals surface area contributed by atoms with Crippen LogP contribution >= 0.6 is 0 Å². The van der Waals surface area contributed by atoms with Gasteiger partial charge in [-0.2, -0.15) is 0 Å². The van der Waals surface area contributed by atoms with Crippen LogP contribution in [0.25, 0.3) is 0 Å². The summed E-state index contributed by atoms with van der Waals surface area (Å²) >= 11 is 0. The lowest BCUT2D eigenvalue weighted by molar-refractivity contribution is -0.385. The Bertz CT molecular complexity index is 510. The van der Waals surface area contributed by atoms with Crippen LogP contribution in [0.1, 0.15) is 10.4 Å². The van der Waals surface area contributed by atoms with Gasteiger partial charge in [-0.05, 0) is 6.07 Å². The maximum absolute atomic E-state index is 12.1. The van der Waals surface area contributed by atoms with Crippen LogP contribution in [0, 0.1) is 10.1 Å². The van der Waals surface area contributed by atoms with Crippen molar-refractivity contribution in [2.24, 2.45) is 0 Å². The quantitative estimate of drug-likeness (QED) is 0.600. The van der Waals surface area contributed by atoms with Crippen molar-refractivity contribution in [1.82, 2.24) is 5.32 Å². The second-order valence-electron chi connectivity index (χ2n) is 3.73. The molecule has 20 heavy (non-hydrogen) atoms. The first kappa shape index (κ1) is 15.8. The SMILES string of the molecule is COc1c(C(=O)NCC(O)C(F)F)cccc1[N+](=O)[O-]. The first-order valence-corrected chi connectivity index (χ1v) is 5.44. The van der Waals surface area contributed by atoms with E-state index in [4.69, 9.17) is 9.84 Å². The number of carbonyl (C=O) groups is 1. The highest BCUT2D eigenvalue weighted by molar-refractivity contribution is 5.98. The Kier molecular flexibility index (Phi) is 5.32. The van der Waals surface area contributed by atoms with Gasteiger partial charge in [0.15, 0.2) is 0 Å². The van der Waals surface area contributed by atoms with Crippen molar-refractivity contribution < 1.29 is 28.3 Å². The molecule has 0 heterocycles. The molecule has 1 aromatic carbocycles. The van der Waals surface area contributed by atoms with Crippen molar-refractivity contribution in [2.75, 3.05) is 13.7 Å². The third-order valence-electron chi connectivity index (χ3n) is 2.40. The van der Waals surface area contributed by atoms with E-state index in [0.29, 0.717) is 0 Å². The number of methoxy groups -OCH3 is 1. The highest BCUT2D eigenvalue weighted by Crippen LogP contribution is 2.30. The Morgan fingerprint density at radius 3 is 2.70 bits per heavy atom. The number of aliphatic hydroxyl groups excluding tert-OH is 1. The van der Waals surface area contributed by atoms with Gasteiger partial charge in [0, 0.05) is 12.6 Å². The number of nitro groups is 1. The fourth-order valence-corrected chi connectivity index (χ4v) is 1.44. The highest BCUT2D eigenvalue weighted by atomic mass is 19.3. The molecule has 2 N–H and O–H groups in total. The van der Waals surface area contributed by atoms with Gasteiger partial charge in [0.05, 0.1) is 17.6 Å². The molecule has 1 unspecified atom stereocenters. The van der Waals surface area contributed by atoms with Gasteiger partial charge in [0.25, 0.3) is 12.3 Å². The van der Waals surface area contributed by atoms with Crippen LogP contribution in [0.15, 0.2) is 18.2 Å². The number of ether oxygens (including phenoxy) is 1. The van der Waals surface area contributed by atoms with Crippen molar-refractivity contribution in [3.05, 3.63) is 33.9 Å². The van der Waals surface area contributed by atoms with Crippen molar-refractivity contribution in [3.63, 3.8) is 0 Å². The fourth-order valence-electron chi connectivity index (χ4n) is 1.44. The number of aliphatic hydroxyl groups is 1.